The highest BCUT2D eigenvalue weighted by Gasteiger charge is 2.70. The minimum atomic E-state index is -4.17. The number of rotatable bonds is 12. The number of nitro benzene ring substituents is 1. The lowest BCUT2D eigenvalue weighted by molar-refractivity contribution is -0.384. The number of carbonyl (C=O) groups is 2. The number of benzene rings is 2. The highest BCUT2D eigenvalue weighted by atomic mass is 32.2. The summed E-state index contributed by atoms with van der Waals surface area (Å²) in [7, 11) is -4.17. The number of sulfonamides is 1. The van der Waals surface area contributed by atoms with E-state index in [1.54, 1.807) is 0 Å². The Labute approximate surface area is 369 Å². The quantitative estimate of drug-likeness (QED) is 0.141. The van der Waals surface area contributed by atoms with Gasteiger partial charge in [-0.05, 0) is 133 Å². The molecule has 11 atom stereocenters. The summed E-state index contributed by atoms with van der Waals surface area (Å²) in [4.78, 5) is 40.2. The van der Waals surface area contributed by atoms with Crippen molar-refractivity contribution in [1.29, 1.82) is 0 Å². The molecule has 0 radical (unpaired) electrons. The molecular formula is C50H71N3O8S. The van der Waals surface area contributed by atoms with Crippen LogP contribution in [0.25, 0.3) is 0 Å². The van der Waals surface area contributed by atoms with Crippen molar-refractivity contribution in [2.24, 2.45) is 56.2 Å². The van der Waals surface area contributed by atoms with E-state index in [4.69, 9.17) is 0 Å². The van der Waals surface area contributed by atoms with Gasteiger partial charge in [-0.2, -0.15) is 4.31 Å². The van der Waals surface area contributed by atoms with Crippen LogP contribution >= 0.6 is 0 Å². The van der Waals surface area contributed by atoms with Crippen molar-refractivity contribution in [3.8, 4) is 0 Å². The number of ketones is 1. The topological polar surface area (TPSA) is 167 Å². The van der Waals surface area contributed by atoms with E-state index in [1.165, 1.54) is 22.0 Å². The Bertz CT molecular complexity index is 2190. The number of fused-ring (bicyclic) bond motifs is 7. The lowest BCUT2D eigenvalue weighted by Gasteiger charge is -2.70. The van der Waals surface area contributed by atoms with Crippen molar-refractivity contribution < 1.29 is 33.1 Å². The molecule has 7 rings (SSSR count). The first kappa shape index (κ1) is 46.5. The Morgan fingerprint density at radius 3 is 2.19 bits per heavy atom. The Balaban J connectivity index is 1.13. The van der Waals surface area contributed by atoms with Gasteiger partial charge in [-0.15, -0.1) is 0 Å². The molecule has 11 nitrogen and oxygen atoms in total. The number of allylic oxidation sites excluding steroid dienone is 2. The van der Waals surface area contributed by atoms with Gasteiger partial charge in [0.25, 0.3) is 5.69 Å². The van der Waals surface area contributed by atoms with Gasteiger partial charge in [0.2, 0.25) is 15.9 Å². The minimum absolute atomic E-state index is 0.0951. The van der Waals surface area contributed by atoms with E-state index in [2.05, 4.69) is 46.9 Å². The number of hydrogen-bond acceptors (Lipinski definition) is 8. The van der Waals surface area contributed by atoms with Gasteiger partial charge in [0.1, 0.15) is 0 Å². The Morgan fingerprint density at radius 2 is 1.56 bits per heavy atom. The molecule has 2 aromatic carbocycles. The summed E-state index contributed by atoms with van der Waals surface area (Å²) in [6.07, 6.45) is 8.04. The normalized spacial score (nSPS) is 36.3. The summed E-state index contributed by atoms with van der Waals surface area (Å²) in [5.74, 6) is 0.288. The van der Waals surface area contributed by atoms with Gasteiger partial charge < -0.3 is 15.5 Å². The third-order valence-electron chi connectivity index (χ3n) is 17.7. The summed E-state index contributed by atoms with van der Waals surface area (Å²) in [5.41, 5.74) is 0.0897. The number of nitrogens with one attached hydrogen (secondary N) is 1. The van der Waals surface area contributed by atoms with Crippen LogP contribution in [-0.2, 0) is 26.0 Å². The molecule has 5 aliphatic carbocycles. The first-order valence-electron chi connectivity index (χ1n) is 23.0. The second kappa shape index (κ2) is 16.2. The summed E-state index contributed by atoms with van der Waals surface area (Å²) in [5, 5.41) is 37.7. The number of amides is 1. The van der Waals surface area contributed by atoms with Crippen molar-refractivity contribution >= 4 is 27.4 Å². The van der Waals surface area contributed by atoms with E-state index in [9.17, 15) is 38.3 Å². The van der Waals surface area contributed by atoms with Gasteiger partial charge in [-0.1, -0.05) is 98.2 Å². The molecule has 340 valence electrons. The van der Waals surface area contributed by atoms with Gasteiger partial charge in [-0.25, -0.2) is 8.42 Å². The smallest absolute Gasteiger partial charge is 0.269 e. The second-order valence-electron chi connectivity index (χ2n) is 22.4. The van der Waals surface area contributed by atoms with Crippen molar-refractivity contribution in [2.45, 2.75) is 150 Å². The molecule has 5 aliphatic rings. The van der Waals surface area contributed by atoms with Crippen LogP contribution in [0.2, 0.25) is 0 Å². The van der Waals surface area contributed by atoms with Gasteiger partial charge in [0, 0.05) is 36.6 Å². The van der Waals surface area contributed by atoms with Crippen LogP contribution in [0, 0.1) is 66.3 Å². The highest BCUT2D eigenvalue weighted by Crippen LogP contribution is 2.75. The van der Waals surface area contributed by atoms with Crippen LogP contribution in [-0.4, -0.2) is 70.9 Å². The second-order valence-corrected chi connectivity index (χ2v) is 24.4. The van der Waals surface area contributed by atoms with E-state index in [0.717, 1.165) is 62.6 Å². The van der Waals surface area contributed by atoms with E-state index in [-0.39, 0.29) is 98.6 Å². The molecular weight excluding hydrogens is 803 g/mol. The maximum atomic E-state index is 14.8. The van der Waals surface area contributed by atoms with Gasteiger partial charge >= 0.3 is 0 Å². The molecule has 12 heteroatoms. The Hall–Kier alpha value is -3.45. The fraction of sp³-hybridized carbons (Fsp3) is 0.680. The fourth-order valence-electron chi connectivity index (χ4n) is 14.1. The van der Waals surface area contributed by atoms with Crippen LogP contribution in [0.15, 0.2) is 71.1 Å². The average Bonchev–Trinajstić information content (AvgIpc) is 3.19. The average molecular weight is 874 g/mol. The summed E-state index contributed by atoms with van der Waals surface area (Å²) in [6.45, 7) is 19.4. The zero-order chi connectivity index (χ0) is 45.4. The Morgan fingerprint density at radius 1 is 0.903 bits per heavy atom. The minimum Gasteiger partial charge on any atom is -0.393 e. The van der Waals surface area contributed by atoms with Gasteiger partial charge in [-0.3, -0.25) is 19.7 Å². The van der Waals surface area contributed by atoms with Crippen molar-refractivity contribution in [3.05, 3.63) is 81.9 Å². The number of aliphatic hydroxyl groups excluding tert-OH is 2. The largest absolute Gasteiger partial charge is 0.393 e. The molecule has 62 heavy (non-hydrogen) atoms. The maximum absolute atomic E-state index is 14.8. The van der Waals surface area contributed by atoms with Crippen molar-refractivity contribution in [2.75, 3.05) is 13.1 Å². The number of nitrogens with zero attached hydrogens (tertiary/aromatic N) is 2. The molecule has 2 aromatic rings. The molecule has 0 unspecified atom stereocenters. The number of carbonyl (C=O) groups excluding carboxylic acids is 2. The number of non-ortho nitro benzene ring substituents is 1. The van der Waals surface area contributed by atoms with Crippen molar-refractivity contribution in [3.63, 3.8) is 0 Å². The zero-order valence-electron chi connectivity index (χ0n) is 38.4. The fourth-order valence-corrected chi connectivity index (χ4v) is 15.8. The molecule has 4 saturated carbocycles. The molecule has 0 aromatic heterocycles. The van der Waals surface area contributed by atoms with E-state index in [0.29, 0.717) is 12.8 Å². The molecule has 0 heterocycles. The first-order chi connectivity index (χ1) is 28.8. The standard InChI is InChI=1S/C50H71N3O8S/c1-32(2)29-52(62(60,61)35-17-15-34(16-18-35)53(58)59)30-40(55)38(27-33-13-11-10-12-14-33)51-44(57)47(6)22-19-36-37-28-39(54)43-48(7)23-21-42(56)45(3,4)41(48)20-24-50(43,9)49(37,8)26-25-46(36,5)31-47/h10-18,28,32,36,38,40-43,55-56H,19-27,29-31H2,1-9H3,(H,51,57)/t36-,38-,40+,41-,42-,43+,46-,47+,48-,49+,50+/m0/s1. The molecule has 4 fully saturated rings. The van der Waals surface area contributed by atoms with Gasteiger partial charge in [0.05, 0.1) is 28.1 Å². The summed E-state index contributed by atoms with van der Waals surface area (Å²) >= 11 is 0. The van der Waals surface area contributed by atoms with Crippen molar-refractivity contribution in [1.82, 2.24) is 9.62 Å². The van der Waals surface area contributed by atoms with Crippen LogP contribution in [0.4, 0.5) is 5.69 Å². The number of hydrogen-bond donors (Lipinski definition) is 3. The zero-order valence-corrected chi connectivity index (χ0v) is 39.3. The van der Waals surface area contributed by atoms with Crippen LogP contribution in [0.3, 0.4) is 0 Å². The highest BCUT2D eigenvalue weighted by molar-refractivity contribution is 7.89. The third-order valence-corrected chi connectivity index (χ3v) is 19.5. The van der Waals surface area contributed by atoms with E-state index >= 15 is 0 Å². The molecule has 0 bridgehead atoms. The molecule has 0 saturated heterocycles. The number of aliphatic hydroxyl groups is 2. The van der Waals surface area contributed by atoms with Crippen LogP contribution in [0.1, 0.15) is 126 Å². The summed E-state index contributed by atoms with van der Waals surface area (Å²) < 4.78 is 29.3. The predicted molar refractivity (Wildman–Crippen MR) is 240 cm³/mol. The molecule has 0 spiro atoms. The number of nitro groups is 1. The maximum Gasteiger partial charge on any atom is 0.269 e. The monoisotopic (exact) mass is 873 g/mol. The lowest BCUT2D eigenvalue weighted by Crippen LogP contribution is -2.66. The van der Waals surface area contributed by atoms with E-state index in [1.807, 2.05) is 57.2 Å². The first-order valence-corrected chi connectivity index (χ1v) is 24.5. The van der Waals surface area contributed by atoms with E-state index < -0.39 is 32.5 Å². The molecule has 3 N–H and O–H groups in total. The SMILES string of the molecule is CC(C)CN(C[C@@H](O)[C@H](Cc1ccccc1)NC(=O)[C@]1(C)CC[C@H]2C3=CC(=O)[C@@H]4[C@@]5(C)CC[C@H](O)C(C)(C)[C@@H]5CC[C@@]4(C)[C@]3(C)CC[C@@]2(C)C1)S(=O)(=O)c1ccc([N+](=O)[O-])cc1. The van der Waals surface area contributed by atoms with Gasteiger partial charge in [0.15, 0.2) is 5.78 Å². The van der Waals surface area contributed by atoms with Crippen LogP contribution < -0.4 is 5.32 Å². The molecule has 1 amide bonds. The van der Waals surface area contributed by atoms with Crippen LogP contribution in [0.5, 0.6) is 0 Å². The lowest BCUT2D eigenvalue weighted by atomic mass is 9.33. The Kier molecular flexibility index (Phi) is 12.2. The predicted octanol–water partition coefficient (Wildman–Crippen LogP) is 8.67. The third kappa shape index (κ3) is 7.70. The molecule has 0 aliphatic heterocycles. The summed E-state index contributed by atoms with van der Waals surface area (Å²) in [6, 6.07) is 13.5.